The second-order valence-electron chi connectivity index (χ2n) is 7.31. The molecule has 2 heterocycles. The largest absolute Gasteiger partial charge is 0.477 e. The number of aliphatic carboxylic acids is 1. The van der Waals surface area contributed by atoms with Gasteiger partial charge in [0.05, 0.1) is 6.42 Å². The Balaban J connectivity index is 1.84. The van der Waals surface area contributed by atoms with E-state index in [1.165, 1.54) is 18.7 Å². The average molecular weight is 483 g/mol. The number of hydrogen-bond donors (Lipinski definition) is 2. The highest BCUT2D eigenvalue weighted by Crippen LogP contribution is 2.47. The molecule has 11 heteroatoms. The van der Waals surface area contributed by atoms with Gasteiger partial charge in [-0.25, -0.2) is 4.79 Å². The summed E-state index contributed by atoms with van der Waals surface area (Å²) < 4.78 is 10.8. The number of esters is 1. The van der Waals surface area contributed by atoms with E-state index in [4.69, 9.17) is 21.1 Å². The summed E-state index contributed by atoms with van der Waals surface area (Å²) in [4.78, 5) is 50.1. The zero-order chi connectivity index (χ0) is 23.5. The highest BCUT2D eigenvalue weighted by atomic mass is 35.5. The molecule has 0 unspecified atom stereocenters. The van der Waals surface area contributed by atoms with Crippen molar-refractivity contribution >= 4 is 47.1 Å². The minimum Gasteiger partial charge on any atom is -0.477 e. The number of fused-ring (bicyclic) bond motifs is 1. The molecule has 2 aliphatic heterocycles. The minimum atomic E-state index is -1.67. The molecule has 0 aliphatic carbocycles. The molecule has 0 radical (unpaired) electrons. The van der Waals surface area contributed by atoms with Gasteiger partial charge in [-0.2, -0.15) is 0 Å². The molecule has 1 aromatic rings. The number of hydrogen-bond acceptors (Lipinski definition) is 7. The number of carboxylic acids is 1. The van der Waals surface area contributed by atoms with Gasteiger partial charge in [-0.05, 0) is 24.1 Å². The van der Waals surface area contributed by atoms with Gasteiger partial charge in [0.25, 0.3) is 11.6 Å². The van der Waals surface area contributed by atoms with Gasteiger partial charge >= 0.3 is 11.9 Å². The number of nitrogens with zero attached hydrogens (tertiary/aromatic N) is 1. The summed E-state index contributed by atoms with van der Waals surface area (Å²) in [6.07, 6.45) is 0.594. The molecule has 0 spiro atoms. The maximum absolute atomic E-state index is 13.2. The van der Waals surface area contributed by atoms with Gasteiger partial charge in [0.2, 0.25) is 5.91 Å². The van der Waals surface area contributed by atoms with Crippen LogP contribution in [0.15, 0.2) is 35.5 Å². The van der Waals surface area contributed by atoms with E-state index in [1.807, 2.05) is 6.92 Å². The van der Waals surface area contributed by atoms with Crippen molar-refractivity contribution in [2.75, 3.05) is 19.0 Å². The monoisotopic (exact) mass is 482 g/mol. The molecule has 32 heavy (non-hydrogen) atoms. The van der Waals surface area contributed by atoms with Crippen molar-refractivity contribution in [3.8, 4) is 0 Å². The standard InChI is InChI=1S/C21H23ClN2O7S/c1-3-8-31-21(23-16(26)9-13-4-6-15(22)7-5-13)19(29)24-17(18(27)28)14(10-30-12(2)25)11-32-20(21)24/h4-7,20H,3,8-11H2,1-2H3,(H,23,26)(H,27,28)/t20-,21-/m1/s1. The number of carbonyl (C=O) groups is 4. The Hall–Kier alpha value is -2.56. The third kappa shape index (κ3) is 4.77. The molecule has 3 rings (SSSR count). The third-order valence-corrected chi connectivity index (χ3v) is 6.52. The van der Waals surface area contributed by atoms with Gasteiger partial charge in [-0.1, -0.05) is 30.7 Å². The summed E-state index contributed by atoms with van der Waals surface area (Å²) in [7, 11) is 0. The quantitative estimate of drug-likeness (QED) is 0.311. The highest BCUT2D eigenvalue weighted by Gasteiger charge is 2.67. The molecule has 2 aliphatic rings. The van der Waals surface area contributed by atoms with E-state index < -0.39 is 34.9 Å². The smallest absolute Gasteiger partial charge is 0.352 e. The van der Waals surface area contributed by atoms with Gasteiger partial charge in [0.1, 0.15) is 17.7 Å². The van der Waals surface area contributed by atoms with E-state index in [9.17, 15) is 24.3 Å². The summed E-state index contributed by atoms with van der Waals surface area (Å²) in [6, 6.07) is 6.74. The first-order chi connectivity index (χ1) is 15.2. The van der Waals surface area contributed by atoms with E-state index in [-0.39, 0.29) is 31.1 Å². The predicted molar refractivity (Wildman–Crippen MR) is 117 cm³/mol. The zero-order valence-electron chi connectivity index (χ0n) is 17.6. The number of amides is 2. The first-order valence-electron chi connectivity index (χ1n) is 9.93. The van der Waals surface area contributed by atoms with E-state index in [1.54, 1.807) is 24.3 Å². The van der Waals surface area contributed by atoms with Crippen molar-refractivity contribution < 1.29 is 33.8 Å². The Morgan fingerprint density at radius 1 is 1.31 bits per heavy atom. The number of thioether (sulfide) groups is 1. The molecule has 9 nitrogen and oxygen atoms in total. The molecule has 0 bridgehead atoms. The molecule has 2 N–H and O–H groups in total. The van der Waals surface area contributed by atoms with Crippen LogP contribution < -0.4 is 5.32 Å². The zero-order valence-corrected chi connectivity index (χ0v) is 19.1. The molecule has 2 amide bonds. The predicted octanol–water partition coefficient (Wildman–Crippen LogP) is 1.94. The third-order valence-electron chi connectivity index (χ3n) is 4.90. The number of ether oxygens (including phenoxy) is 2. The fourth-order valence-electron chi connectivity index (χ4n) is 3.48. The van der Waals surface area contributed by atoms with Crippen molar-refractivity contribution in [2.45, 2.75) is 37.8 Å². The Morgan fingerprint density at radius 3 is 2.59 bits per heavy atom. The van der Waals surface area contributed by atoms with Crippen LogP contribution >= 0.6 is 23.4 Å². The first kappa shape index (κ1) is 24.1. The molecular weight excluding hydrogens is 460 g/mol. The molecule has 1 saturated heterocycles. The van der Waals surface area contributed by atoms with Crippen LogP contribution in [-0.2, 0) is 35.1 Å². The normalized spacial score (nSPS) is 22.2. The van der Waals surface area contributed by atoms with Crippen LogP contribution in [0.2, 0.25) is 5.02 Å². The number of carbonyl (C=O) groups excluding carboxylic acids is 3. The van der Waals surface area contributed by atoms with E-state index in [2.05, 4.69) is 5.32 Å². The maximum atomic E-state index is 13.2. The van der Waals surface area contributed by atoms with Crippen molar-refractivity contribution in [2.24, 2.45) is 0 Å². The van der Waals surface area contributed by atoms with Gasteiger partial charge < -0.3 is 19.9 Å². The summed E-state index contributed by atoms with van der Waals surface area (Å²) in [5.74, 6) is -2.79. The lowest BCUT2D eigenvalue weighted by Gasteiger charge is -2.56. The number of rotatable bonds is 9. The number of halogens is 1. The van der Waals surface area contributed by atoms with Crippen LogP contribution in [0.3, 0.4) is 0 Å². The van der Waals surface area contributed by atoms with Crippen molar-refractivity contribution in [3.05, 3.63) is 46.1 Å². The topological polar surface area (TPSA) is 122 Å². The van der Waals surface area contributed by atoms with E-state index in [0.717, 1.165) is 4.90 Å². The summed E-state index contributed by atoms with van der Waals surface area (Å²) >= 11 is 7.12. The summed E-state index contributed by atoms with van der Waals surface area (Å²) in [5, 5.41) is 12.2. The number of carboxylic acid groups (broad SMARTS) is 1. The fourth-order valence-corrected chi connectivity index (χ4v) is 4.99. The Bertz CT molecular complexity index is 965. The van der Waals surface area contributed by atoms with Crippen LogP contribution in [0.25, 0.3) is 0 Å². The molecular formula is C21H23ClN2O7S. The Morgan fingerprint density at radius 2 is 2.00 bits per heavy atom. The second-order valence-corrected chi connectivity index (χ2v) is 8.82. The lowest BCUT2D eigenvalue weighted by atomic mass is 9.97. The Kier molecular flexibility index (Phi) is 7.47. The lowest BCUT2D eigenvalue weighted by Crippen LogP contribution is -2.81. The number of β-lactam (4-membered cyclic amide) rings is 1. The van der Waals surface area contributed by atoms with Gasteiger partial charge in [-0.3, -0.25) is 19.3 Å². The van der Waals surface area contributed by atoms with Crippen LogP contribution in [-0.4, -0.2) is 63.8 Å². The van der Waals surface area contributed by atoms with Crippen LogP contribution in [0.5, 0.6) is 0 Å². The SMILES string of the molecule is CCCO[C@]1(NC(=O)Cc2ccc(Cl)cc2)C(=O)N2C(C(=O)O)=C(COC(C)=O)CS[C@@H]21. The molecule has 1 fully saturated rings. The molecule has 0 saturated carbocycles. The van der Waals surface area contributed by atoms with Crippen LogP contribution in [0.1, 0.15) is 25.8 Å². The van der Waals surface area contributed by atoms with Crippen molar-refractivity contribution in [3.63, 3.8) is 0 Å². The molecule has 2 atom stereocenters. The van der Waals surface area contributed by atoms with Crippen molar-refractivity contribution in [1.29, 1.82) is 0 Å². The highest BCUT2D eigenvalue weighted by molar-refractivity contribution is 8.00. The van der Waals surface area contributed by atoms with Crippen LogP contribution in [0.4, 0.5) is 0 Å². The molecule has 1 aromatic carbocycles. The Labute approximate surface area is 194 Å². The summed E-state index contributed by atoms with van der Waals surface area (Å²) in [5.41, 5.74) is -0.911. The lowest BCUT2D eigenvalue weighted by molar-refractivity contribution is -0.198. The number of nitrogens with one attached hydrogen (secondary N) is 1. The van der Waals surface area contributed by atoms with E-state index >= 15 is 0 Å². The maximum Gasteiger partial charge on any atom is 0.352 e. The average Bonchev–Trinajstić information content (AvgIpc) is 2.75. The molecule has 172 valence electrons. The molecule has 0 aromatic heterocycles. The summed E-state index contributed by atoms with van der Waals surface area (Å²) in [6.45, 7) is 3.04. The number of benzene rings is 1. The van der Waals surface area contributed by atoms with Crippen molar-refractivity contribution in [1.82, 2.24) is 10.2 Å². The minimum absolute atomic E-state index is 0.00159. The van der Waals surface area contributed by atoms with E-state index in [0.29, 0.717) is 22.6 Å². The van der Waals surface area contributed by atoms with Gasteiger partial charge in [0, 0.05) is 29.9 Å². The second kappa shape index (κ2) is 9.93. The first-order valence-corrected chi connectivity index (χ1v) is 11.4. The van der Waals surface area contributed by atoms with Gasteiger partial charge in [-0.15, -0.1) is 11.8 Å². The van der Waals surface area contributed by atoms with Gasteiger partial charge in [0.15, 0.2) is 0 Å². The van der Waals surface area contributed by atoms with Crippen LogP contribution in [0, 0.1) is 0 Å². The fraction of sp³-hybridized carbons (Fsp3) is 0.429.